The van der Waals surface area contributed by atoms with Gasteiger partial charge in [-0.1, -0.05) is 60.7 Å². The maximum absolute atomic E-state index is 14.5. The van der Waals surface area contributed by atoms with Gasteiger partial charge in [-0.05, 0) is 49.7 Å². The lowest BCUT2D eigenvalue weighted by molar-refractivity contribution is -0.136. The van der Waals surface area contributed by atoms with Crippen molar-refractivity contribution in [3.63, 3.8) is 0 Å². The highest BCUT2D eigenvalue weighted by atomic mass is 19.4. The number of ether oxygens (including phenoxy) is 1. The molecule has 2 aromatic heterocycles. The molecule has 0 N–H and O–H groups in total. The predicted octanol–water partition coefficient (Wildman–Crippen LogP) is 7.62. The van der Waals surface area contributed by atoms with Gasteiger partial charge in [-0.15, -0.1) is 0 Å². The third kappa shape index (κ3) is 4.82. The van der Waals surface area contributed by atoms with E-state index < -0.39 is 11.7 Å². The monoisotopic (exact) mass is 487 g/mol. The summed E-state index contributed by atoms with van der Waals surface area (Å²) in [7, 11) is 0. The van der Waals surface area contributed by atoms with Crippen LogP contribution in [0.15, 0.2) is 91.0 Å². The van der Waals surface area contributed by atoms with Crippen LogP contribution in [-0.4, -0.2) is 20.9 Å². The van der Waals surface area contributed by atoms with Gasteiger partial charge in [0.15, 0.2) is 5.65 Å². The predicted molar refractivity (Wildman–Crippen MR) is 135 cm³/mol. The molecule has 4 nitrogen and oxygen atoms in total. The number of aromatic nitrogens is 3. The summed E-state index contributed by atoms with van der Waals surface area (Å²) >= 11 is 0. The first-order valence-corrected chi connectivity index (χ1v) is 11.6. The number of fused-ring (bicyclic) bond motifs is 1. The Kier molecular flexibility index (Phi) is 6.22. The van der Waals surface area contributed by atoms with Crippen LogP contribution in [0.25, 0.3) is 33.5 Å². The summed E-state index contributed by atoms with van der Waals surface area (Å²) in [6.45, 7) is 4.12. The zero-order chi connectivity index (χ0) is 25.3. The van der Waals surface area contributed by atoms with Crippen LogP contribution in [0.4, 0.5) is 13.2 Å². The summed E-state index contributed by atoms with van der Waals surface area (Å²) in [5.41, 5.74) is 1.98. The molecule has 0 amide bonds. The summed E-state index contributed by atoms with van der Waals surface area (Å²) in [5.74, 6) is 0.645. The molecule has 0 saturated carbocycles. The zero-order valence-corrected chi connectivity index (χ0v) is 19.8. The van der Waals surface area contributed by atoms with E-state index in [4.69, 9.17) is 9.72 Å². The fraction of sp³-hybridized carbons (Fsp3) is 0.172. The van der Waals surface area contributed by atoms with Crippen molar-refractivity contribution >= 4 is 11.0 Å². The Hall–Kier alpha value is -4.13. The van der Waals surface area contributed by atoms with Crippen LogP contribution in [0.1, 0.15) is 25.0 Å². The fourth-order valence-corrected chi connectivity index (χ4v) is 4.18. The van der Waals surface area contributed by atoms with E-state index in [1.54, 1.807) is 53.2 Å². The third-order valence-corrected chi connectivity index (χ3v) is 5.75. The number of hydrogen-bond acceptors (Lipinski definition) is 3. The summed E-state index contributed by atoms with van der Waals surface area (Å²) in [6, 6.07) is 26.5. The second kappa shape index (κ2) is 9.49. The van der Waals surface area contributed by atoms with E-state index in [0.717, 1.165) is 11.6 Å². The van der Waals surface area contributed by atoms with Crippen LogP contribution < -0.4 is 4.74 Å². The summed E-state index contributed by atoms with van der Waals surface area (Å²) in [6.07, 6.45) is -4.60. The van der Waals surface area contributed by atoms with Gasteiger partial charge in [-0.3, -0.25) is 0 Å². The Bertz CT molecular complexity index is 1480. The molecule has 3 aromatic carbocycles. The number of halogens is 3. The van der Waals surface area contributed by atoms with Gasteiger partial charge in [0.05, 0.1) is 29.3 Å². The highest BCUT2D eigenvalue weighted by molar-refractivity contribution is 5.95. The summed E-state index contributed by atoms with van der Waals surface area (Å²) in [5, 5.41) is 4.64. The quantitative estimate of drug-likeness (QED) is 0.247. The van der Waals surface area contributed by atoms with Gasteiger partial charge in [0.1, 0.15) is 11.4 Å². The number of benzene rings is 3. The molecule has 2 heterocycles. The van der Waals surface area contributed by atoms with Gasteiger partial charge < -0.3 is 4.74 Å². The molecule has 0 bridgehead atoms. The van der Waals surface area contributed by atoms with Crippen LogP contribution in [0.5, 0.6) is 5.75 Å². The second-order valence-electron chi connectivity index (χ2n) is 8.80. The number of nitrogens with zero attached hydrogens (tertiary/aromatic N) is 3. The van der Waals surface area contributed by atoms with Gasteiger partial charge >= 0.3 is 6.18 Å². The Morgan fingerprint density at radius 2 is 1.47 bits per heavy atom. The molecule has 36 heavy (non-hydrogen) atoms. The van der Waals surface area contributed by atoms with Crippen molar-refractivity contribution in [2.45, 2.75) is 32.7 Å². The van der Waals surface area contributed by atoms with Gasteiger partial charge in [-0.25, -0.2) is 9.67 Å². The Labute approximate surface area is 207 Å². The first-order valence-electron chi connectivity index (χ1n) is 11.6. The maximum atomic E-state index is 14.5. The molecule has 0 spiro atoms. The van der Waals surface area contributed by atoms with Gasteiger partial charge in [-0.2, -0.15) is 18.3 Å². The van der Waals surface area contributed by atoms with Crippen LogP contribution >= 0.6 is 0 Å². The number of pyridine rings is 1. The molecule has 5 aromatic rings. The zero-order valence-electron chi connectivity index (χ0n) is 19.8. The second-order valence-corrected chi connectivity index (χ2v) is 8.80. The lowest BCUT2D eigenvalue weighted by Gasteiger charge is -2.13. The SMILES string of the molecule is CC(C)Oc1ccc(-c2cc(C(F)(F)F)c3c(-c4ccccc4)nn(Cc4ccccc4)c3n2)cc1. The summed E-state index contributed by atoms with van der Waals surface area (Å²) in [4.78, 5) is 4.71. The molecule has 7 heteroatoms. The van der Waals surface area contributed by atoms with E-state index in [0.29, 0.717) is 23.4 Å². The van der Waals surface area contributed by atoms with Gasteiger partial charge in [0, 0.05) is 11.1 Å². The van der Waals surface area contributed by atoms with Crippen molar-refractivity contribution < 1.29 is 17.9 Å². The maximum Gasteiger partial charge on any atom is 0.417 e. The normalized spacial score (nSPS) is 11.8. The van der Waals surface area contributed by atoms with Crippen molar-refractivity contribution in [2.24, 2.45) is 0 Å². The fourth-order valence-electron chi connectivity index (χ4n) is 4.18. The largest absolute Gasteiger partial charge is 0.491 e. The first-order chi connectivity index (χ1) is 17.3. The highest BCUT2D eigenvalue weighted by Gasteiger charge is 2.36. The van der Waals surface area contributed by atoms with E-state index in [-0.39, 0.29) is 28.5 Å². The minimum Gasteiger partial charge on any atom is -0.491 e. The molecule has 0 radical (unpaired) electrons. The minimum absolute atomic E-state index is 0.00635. The van der Waals surface area contributed by atoms with Crippen molar-refractivity contribution in [1.29, 1.82) is 0 Å². The third-order valence-electron chi connectivity index (χ3n) is 5.75. The molecule has 0 aliphatic rings. The standard InChI is InChI=1S/C29H24F3N3O/c1-19(2)36-23-15-13-21(14-16-23)25-17-24(29(30,31)32)26-27(22-11-7-4-8-12-22)34-35(28(26)33-25)18-20-9-5-3-6-10-20/h3-17,19H,18H2,1-2H3. The van der Waals surface area contributed by atoms with Crippen molar-refractivity contribution in [2.75, 3.05) is 0 Å². The van der Waals surface area contributed by atoms with Crippen molar-refractivity contribution in [3.8, 4) is 28.3 Å². The molecule has 0 atom stereocenters. The first kappa shape index (κ1) is 23.6. The van der Waals surface area contributed by atoms with Crippen LogP contribution in [0.3, 0.4) is 0 Å². The number of hydrogen-bond donors (Lipinski definition) is 0. The molecular weight excluding hydrogens is 463 g/mol. The molecule has 0 saturated heterocycles. The van der Waals surface area contributed by atoms with Crippen LogP contribution in [0.2, 0.25) is 0 Å². The summed E-state index contributed by atoms with van der Waals surface area (Å²) < 4.78 is 50.6. The van der Waals surface area contributed by atoms with E-state index in [1.807, 2.05) is 50.2 Å². The number of alkyl halides is 3. The molecule has 0 fully saturated rings. The van der Waals surface area contributed by atoms with E-state index in [9.17, 15) is 13.2 Å². The number of rotatable bonds is 6. The Morgan fingerprint density at radius 1 is 0.833 bits per heavy atom. The average Bonchev–Trinajstić information content (AvgIpc) is 3.22. The van der Waals surface area contributed by atoms with E-state index in [1.165, 1.54) is 0 Å². The molecule has 0 aliphatic carbocycles. The lowest BCUT2D eigenvalue weighted by Crippen LogP contribution is -2.08. The molecule has 182 valence electrons. The van der Waals surface area contributed by atoms with Gasteiger partial charge in [0.2, 0.25) is 0 Å². The average molecular weight is 488 g/mol. The molecule has 5 rings (SSSR count). The van der Waals surface area contributed by atoms with Crippen LogP contribution in [-0.2, 0) is 12.7 Å². The molecule has 0 aliphatic heterocycles. The van der Waals surface area contributed by atoms with Crippen molar-refractivity contribution in [1.82, 2.24) is 14.8 Å². The molecular formula is C29H24F3N3O. The van der Waals surface area contributed by atoms with Crippen LogP contribution in [0, 0.1) is 0 Å². The van der Waals surface area contributed by atoms with Crippen molar-refractivity contribution in [3.05, 3.63) is 102 Å². The smallest absolute Gasteiger partial charge is 0.417 e. The minimum atomic E-state index is -4.60. The Morgan fingerprint density at radius 3 is 2.08 bits per heavy atom. The van der Waals surface area contributed by atoms with Gasteiger partial charge in [0.25, 0.3) is 0 Å². The molecule has 0 unspecified atom stereocenters. The highest BCUT2D eigenvalue weighted by Crippen LogP contribution is 2.41. The van der Waals surface area contributed by atoms with E-state index >= 15 is 0 Å². The Balaban J connectivity index is 1.74. The topological polar surface area (TPSA) is 39.9 Å². The van der Waals surface area contributed by atoms with E-state index in [2.05, 4.69) is 5.10 Å². The lowest BCUT2D eigenvalue weighted by atomic mass is 10.0.